The van der Waals surface area contributed by atoms with Gasteiger partial charge in [0.05, 0.1) is 0 Å². The van der Waals surface area contributed by atoms with Crippen molar-refractivity contribution in [2.45, 2.75) is 13.8 Å². The number of aliphatic imine (C=N–C) groups is 1. The van der Waals surface area contributed by atoms with E-state index in [4.69, 9.17) is 0 Å². The highest BCUT2D eigenvalue weighted by molar-refractivity contribution is 6.03. The summed E-state index contributed by atoms with van der Waals surface area (Å²) in [6.07, 6.45) is 0. The number of rotatable bonds is 3. The Balaban J connectivity index is 3.05. The van der Waals surface area contributed by atoms with Gasteiger partial charge >= 0.3 is 0 Å². The van der Waals surface area contributed by atoms with Gasteiger partial charge in [-0.15, -0.1) is 0 Å². The van der Waals surface area contributed by atoms with Crippen LogP contribution in [-0.2, 0) is 0 Å². The molecule has 0 amide bonds. The normalized spacial score (nSPS) is 11.5. The SMILES string of the molecule is CCN=C(C)c1ccccc1NC. The summed E-state index contributed by atoms with van der Waals surface area (Å²) in [5.41, 5.74) is 3.41. The van der Waals surface area contributed by atoms with E-state index in [1.807, 2.05) is 33.0 Å². The number of hydrogen-bond acceptors (Lipinski definition) is 2. The zero-order valence-electron chi connectivity index (χ0n) is 8.46. The van der Waals surface area contributed by atoms with E-state index >= 15 is 0 Å². The van der Waals surface area contributed by atoms with Crippen molar-refractivity contribution in [3.8, 4) is 0 Å². The van der Waals surface area contributed by atoms with Crippen molar-refractivity contribution in [1.29, 1.82) is 0 Å². The topological polar surface area (TPSA) is 24.4 Å². The first-order valence-electron chi connectivity index (χ1n) is 4.57. The van der Waals surface area contributed by atoms with Crippen molar-refractivity contribution in [2.75, 3.05) is 18.9 Å². The second-order valence-electron chi connectivity index (χ2n) is 2.86. The fourth-order valence-electron chi connectivity index (χ4n) is 1.34. The summed E-state index contributed by atoms with van der Waals surface area (Å²) >= 11 is 0. The van der Waals surface area contributed by atoms with E-state index in [1.54, 1.807) is 0 Å². The smallest absolute Gasteiger partial charge is 0.0429 e. The zero-order valence-corrected chi connectivity index (χ0v) is 8.46. The van der Waals surface area contributed by atoms with E-state index in [9.17, 15) is 0 Å². The summed E-state index contributed by atoms with van der Waals surface area (Å²) < 4.78 is 0. The number of hydrogen-bond donors (Lipinski definition) is 1. The predicted molar refractivity (Wildman–Crippen MR) is 58.7 cm³/mol. The van der Waals surface area contributed by atoms with Crippen molar-refractivity contribution in [3.05, 3.63) is 29.8 Å². The quantitative estimate of drug-likeness (QED) is 0.703. The van der Waals surface area contributed by atoms with Gasteiger partial charge in [-0.1, -0.05) is 18.2 Å². The Morgan fingerprint density at radius 1 is 1.38 bits per heavy atom. The first-order valence-corrected chi connectivity index (χ1v) is 4.57. The minimum absolute atomic E-state index is 0.837. The average Bonchev–Trinajstić information content (AvgIpc) is 2.18. The van der Waals surface area contributed by atoms with Crippen molar-refractivity contribution in [1.82, 2.24) is 0 Å². The van der Waals surface area contributed by atoms with Gasteiger partial charge in [0.25, 0.3) is 0 Å². The highest BCUT2D eigenvalue weighted by Gasteiger charge is 2.01. The van der Waals surface area contributed by atoms with E-state index in [2.05, 4.69) is 22.4 Å². The van der Waals surface area contributed by atoms with Crippen LogP contribution in [0.4, 0.5) is 5.69 Å². The summed E-state index contributed by atoms with van der Waals surface area (Å²) in [6.45, 7) is 4.93. The van der Waals surface area contributed by atoms with Gasteiger partial charge in [-0.05, 0) is 19.9 Å². The predicted octanol–water partition coefficient (Wildman–Crippen LogP) is 2.56. The molecule has 0 saturated carbocycles. The Bertz CT molecular complexity index is 303. The van der Waals surface area contributed by atoms with Crippen molar-refractivity contribution >= 4 is 11.4 Å². The first-order chi connectivity index (χ1) is 6.29. The molecule has 0 aliphatic rings. The van der Waals surface area contributed by atoms with Crippen LogP contribution >= 0.6 is 0 Å². The molecule has 0 atom stereocenters. The molecular formula is C11H16N2. The maximum Gasteiger partial charge on any atom is 0.0429 e. The van der Waals surface area contributed by atoms with Gasteiger partial charge in [0.15, 0.2) is 0 Å². The number of benzene rings is 1. The molecule has 2 nitrogen and oxygen atoms in total. The molecule has 70 valence electrons. The lowest BCUT2D eigenvalue weighted by atomic mass is 10.1. The highest BCUT2D eigenvalue weighted by atomic mass is 14.8. The van der Waals surface area contributed by atoms with Crippen LogP contribution in [0.3, 0.4) is 0 Å². The summed E-state index contributed by atoms with van der Waals surface area (Å²) in [5.74, 6) is 0. The maximum absolute atomic E-state index is 4.38. The second kappa shape index (κ2) is 4.65. The molecule has 2 heteroatoms. The van der Waals surface area contributed by atoms with Gasteiger partial charge < -0.3 is 5.32 Å². The number of nitrogens with zero attached hydrogens (tertiary/aromatic N) is 1. The van der Waals surface area contributed by atoms with E-state index < -0.39 is 0 Å². The Morgan fingerprint density at radius 3 is 2.69 bits per heavy atom. The summed E-state index contributed by atoms with van der Waals surface area (Å²) in [4.78, 5) is 4.38. The van der Waals surface area contributed by atoms with Crippen molar-refractivity contribution in [3.63, 3.8) is 0 Å². The van der Waals surface area contributed by atoms with Crippen LogP contribution in [0.15, 0.2) is 29.3 Å². The van der Waals surface area contributed by atoms with Gasteiger partial charge in [-0.3, -0.25) is 4.99 Å². The molecule has 0 bridgehead atoms. The Hall–Kier alpha value is -1.31. The van der Waals surface area contributed by atoms with Gasteiger partial charge in [-0.2, -0.15) is 0 Å². The van der Waals surface area contributed by atoms with Crippen LogP contribution in [-0.4, -0.2) is 19.3 Å². The van der Waals surface area contributed by atoms with E-state index in [0.717, 1.165) is 17.9 Å². The van der Waals surface area contributed by atoms with Crippen LogP contribution in [0, 0.1) is 0 Å². The molecule has 0 spiro atoms. The first kappa shape index (κ1) is 9.78. The van der Waals surface area contributed by atoms with Crippen LogP contribution in [0.1, 0.15) is 19.4 Å². The monoisotopic (exact) mass is 176 g/mol. The Morgan fingerprint density at radius 2 is 2.08 bits per heavy atom. The fraction of sp³-hybridized carbons (Fsp3) is 0.364. The largest absolute Gasteiger partial charge is 0.388 e. The zero-order chi connectivity index (χ0) is 9.68. The number of anilines is 1. The molecule has 0 saturated heterocycles. The maximum atomic E-state index is 4.38. The molecule has 0 unspecified atom stereocenters. The van der Waals surface area contributed by atoms with Crippen LogP contribution < -0.4 is 5.32 Å². The van der Waals surface area contributed by atoms with Crippen molar-refractivity contribution < 1.29 is 0 Å². The minimum Gasteiger partial charge on any atom is -0.388 e. The molecule has 1 N–H and O–H groups in total. The molecule has 0 aliphatic carbocycles. The molecule has 13 heavy (non-hydrogen) atoms. The third-order valence-electron chi connectivity index (χ3n) is 1.98. The molecule has 0 heterocycles. The second-order valence-corrected chi connectivity index (χ2v) is 2.86. The molecule has 0 aliphatic heterocycles. The molecule has 1 aromatic rings. The van der Waals surface area contributed by atoms with E-state index in [1.165, 1.54) is 5.56 Å². The standard InChI is InChI=1S/C11H16N2/c1-4-13-9(2)10-7-5-6-8-11(10)12-3/h5-8,12H,4H2,1-3H3. The molecule has 1 aromatic carbocycles. The lowest BCUT2D eigenvalue weighted by molar-refractivity contribution is 1.13. The lowest BCUT2D eigenvalue weighted by Crippen LogP contribution is -2.01. The summed E-state index contributed by atoms with van der Waals surface area (Å²) in [5, 5.41) is 3.15. The van der Waals surface area contributed by atoms with E-state index in [0.29, 0.717) is 0 Å². The third kappa shape index (κ3) is 2.31. The highest BCUT2D eigenvalue weighted by Crippen LogP contribution is 2.14. The molecule has 0 radical (unpaired) electrons. The Labute approximate surface area is 79.7 Å². The average molecular weight is 176 g/mol. The number of para-hydroxylation sites is 1. The number of nitrogens with one attached hydrogen (secondary N) is 1. The van der Waals surface area contributed by atoms with Gasteiger partial charge in [-0.25, -0.2) is 0 Å². The molecule has 1 rings (SSSR count). The van der Waals surface area contributed by atoms with Crippen LogP contribution in [0.25, 0.3) is 0 Å². The summed E-state index contributed by atoms with van der Waals surface area (Å²) in [6, 6.07) is 8.20. The van der Waals surface area contributed by atoms with Gasteiger partial charge in [0, 0.05) is 30.6 Å². The molecule has 0 fully saturated rings. The van der Waals surface area contributed by atoms with Gasteiger partial charge in [0.1, 0.15) is 0 Å². The van der Waals surface area contributed by atoms with E-state index in [-0.39, 0.29) is 0 Å². The van der Waals surface area contributed by atoms with Gasteiger partial charge in [0.2, 0.25) is 0 Å². The van der Waals surface area contributed by atoms with Crippen LogP contribution in [0.5, 0.6) is 0 Å². The van der Waals surface area contributed by atoms with Crippen LogP contribution in [0.2, 0.25) is 0 Å². The minimum atomic E-state index is 0.837. The Kier molecular flexibility index (Phi) is 3.50. The van der Waals surface area contributed by atoms with Crippen molar-refractivity contribution in [2.24, 2.45) is 4.99 Å². The fourth-order valence-corrected chi connectivity index (χ4v) is 1.34. The molecule has 0 aromatic heterocycles. The lowest BCUT2D eigenvalue weighted by Gasteiger charge is -2.07. The molecular weight excluding hydrogens is 160 g/mol. The summed E-state index contributed by atoms with van der Waals surface area (Å²) in [7, 11) is 1.93. The third-order valence-corrected chi connectivity index (χ3v) is 1.98.